The van der Waals surface area contributed by atoms with E-state index in [1.54, 1.807) is 7.11 Å². The van der Waals surface area contributed by atoms with Gasteiger partial charge in [-0.2, -0.15) is 15.0 Å². The van der Waals surface area contributed by atoms with Crippen LogP contribution in [0.15, 0.2) is 0 Å². The Labute approximate surface area is 106 Å². The lowest BCUT2D eigenvalue weighted by Crippen LogP contribution is -2.30. The molecule has 0 aliphatic carbocycles. The fourth-order valence-electron chi connectivity index (χ4n) is 1.27. The van der Waals surface area contributed by atoms with Crippen LogP contribution in [0.2, 0.25) is 0 Å². The van der Waals surface area contributed by atoms with Crippen molar-refractivity contribution in [2.45, 2.75) is 13.0 Å². The Morgan fingerprint density at radius 2 is 1.94 bits per heavy atom. The quantitative estimate of drug-likeness (QED) is 0.585. The lowest BCUT2D eigenvalue weighted by Gasteiger charge is -2.15. The first-order valence-corrected chi connectivity index (χ1v) is 5.63. The summed E-state index contributed by atoms with van der Waals surface area (Å²) in [5.41, 5.74) is 0. The van der Waals surface area contributed by atoms with Gasteiger partial charge in [0.15, 0.2) is 0 Å². The monoisotopic (exact) mass is 257 g/mol. The molecule has 8 heteroatoms. The Bertz CT molecular complexity index is 363. The lowest BCUT2D eigenvalue weighted by molar-refractivity contribution is 0.153. The highest BCUT2D eigenvalue weighted by Gasteiger charge is 2.11. The minimum absolute atomic E-state index is 0.0849. The average molecular weight is 257 g/mol. The van der Waals surface area contributed by atoms with Gasteiger partial charge in [-0.3, -0.25) is 0 Å². The number of aliphatic hydroxyl groups is 1. The van der Waals surface area contributed by atoms with E-state index in [4.69, 9.17) is 14.6 Å². The standard InChI is InChI=1S/C10H19N5O3/c1-4-11-8-13-9(15-10(14-8)18-3)12-7(5-16)6-17-2/h7,16H,4-6H2,1-3H3,(H2,11,12,13,14,15). The van der Waals surface area contributed by atoms with Gasteiger partial charge in [-0.05, 0) is 6.92 Å². The SMILES string of the molecule is CCNc1nc(NC(CO)COC)nc(OC)n1. The smallest absolute Gasteiger partial charge is 0.322 e. The molecule has 1 rings (SSSR count). The van der Waals surface area contributed by atoms with E-state index in [0.717, 1.165) is 0 Å². The molecule has 0 fully saturated rings. The average Bonchev–Trinajstić information content (AvgIpc) is 2.38. The highest BCUT2D eigenvalue weighted by Crippen LogP contribution is 2.11. The second kappa shape index (κ2) is 7.62. The van der Waals surface area contributed by atoms with Crippen molar-refractivity contribution in [1.82, 2.24) is 15.0 Å². The molecule has 3 N–H and O–H groups in total. The molecule has 0 spiro atoms. The maximum atomic E-state index is 9.16. The molecule has 1 aromatic heterocycles. The zero-order valence-corrected chi connectivity index (χ0v) is 10.8. The zero-order valence-electron chi connectivity index (χ0n) is 10.8. The number of methoxy groups -OCH3 is 2. The van der Waals surface area contributed by atoms with Crippen molar-refractivity contribution in [3.05, 3.63) is 0 Å². The van der Waals surface area contributed by atoms with Crippen molar-refractivity contribution in [3.8, 4) is 6.01 Å². The predicted octanol–water partition coefficient (Wildman–Crippen LogP) is -0.269. The molecule has 0 amide bonds. The van der Waals surface area contributed by atoms with Crippen LogP contribution >= 0.6 is 0 Å². The Morgan fingerprint density at radius 3 is 2.50 bits per heavy atom. The molecular weight excluding hydrogens is 238 g/mol. The predicted molar refractivity (Wildman–Crippen MR) is 66.9 cm³/mol. The Morgan fingerprint density at radius 1 is 1.22 bits per heavy atom. The van der Waals surface area contributed by atoms with Crippen molar-refractivity contribution >= 4 is 11.9 Å². The molecule has 1 atom stereocenters. The van der Waals surface area contributed by atoms with Gasteiger partial charge in [0.1, 0.15) is 0 Å². The summed E-state index contributed by atoms with van der Waals surface area (Å²) in [7, 11) is 3.04. The van der Waals surface area contributed by atoms with Crippen molar-refractivity contribution in [3.63, 3.8) is 0 Å². The maximum Gasteiger partial charge on any atom is 0.322 e. The minimum atomic E-state index is -0.281. The summed E-state index contributed by atoms with van der Waals surface area (Å²) in [5, 5.41) is 15.1. The number of hydrogen-bond acceptors (Lipinski definition) is 8. The van der Waals surface area contributed by atoms with Gasteiger partial charge in [0, 0.05) is 13.7 Å². The second-order valence-electron chi connectivity index (χ2n) is 3.48. The summed E-state index contributed by atoms with van der Waals surface area (Å²) >= 11 is 0. The van der Waals surface area contributed by atoms with E-state index in [1.807, 2.05) is 6.92 Å². The first kappa shape index (κ1) is 14.4. The largest absolute Gasteiger partial charge is 0.467 e. The van der Waals surface area contributed by atoms with Crippen molar-refractivity contribution in [2.75, 3.05) is 44.6 Å². The number of nitrogens with zero attached hydrogens (tertiary/aromatic N) is 3. The molecular formula is C10H19N5O3. The summed E-state index contributed by atoms with van der Waals surface area (Å²) in [6.07, 6.45) is 0. The van der Waals surface area contributed by atoms with Gasteiger partial charge in [-0.15, -0.1) is 0 Å². The first-order valence-electron chi connectivity index (χ1n) is 5.63. The molecule has 1 aromatic rings. The third-order valence-electron chi connectivity index (χ3n) is 2.05. The second-order valence-corrected chi connectivity index (χ2v) is 3.48. The van der Waals surface area contributed by atoms with Gasteiger partial charge in [0.25, 0.3) is 0 Å². The van der Waals surface area contributed by atoms with Gasteiger partial charge >= 0.3 is 6.01 Å². The Hall–Kier alpha value is -1.67. The summed E-state index contributed by atoms with van der Waals surface area (Å²) in [6.45, 7) is 2.89. The minimum Gasteiger partial charge on any atom is -0.467 e. The number of ether oxygens (including phenoxy) is 2. The number of aliphatic hydroxyl groups excluding tert-OH is 1. The number of rotatable bonds is 8. The summed E-state index contributed by atoms with van der Waals surface area (Å²) in [5.74, 6) is 0.745. The molecule has 0 aromatic carbocycles. The third-order valence-corrected chi connectivity index (χ3v) is 2.05. The maximum absolute atomic E-state index is 9.16. The van der Waals surface area contributed by atoms with Gasteiger partial charge in [-0.25, -0.2) is 0 Å². The van der Waals surface area contributed by atoms with Gasteiger partial charge in [0.2, 0.25) is 11.9 Å². The molecule has 0 saturated carbocycles. The molecule has 1 heterocycles. The van der Waals surface area contributed by atoms with E-state index in [0.29, 0.717) is 25.0 Å². The van der Waals surface area contributed by atoms with E-state index >= 15 is 0 Å². The zero-order chi connectivity index (χ0) is 13.4. The molecule has 102 valence electrons. The molecule has 0 aliphatic heterocycles. The fraction of sp³-hybridized carbons (Fsp3) is 0.700. The van der Waals surface area contributed by atoms with Crippen LogP contribution in [0.25, 0.3) is 0 Å². The van der Waals surface area contributed by atoms with Crippen molar-refractivity contribution in [1.29, 1.82) is 0 Å². The molecule has 18 heavy (non-hydrogen) atoms. The Kier molecular flexibility index (Phi) is 6.09. The number of aromatic nitrogens is 3. The van der Waals surface area contributed by atoms with Gasteiger partial charge in [-0.1, -0.05) is 0 Å². The lowest BCUT2D eigenvalue weighted by atomic mass is 10.3. The molecule has 0 saturated heterocycles. The van der Waals surface area contributed by atoms with Crippen LogP contribution < -0.4 is 15.4 Å². The first-order chi connectivity index (χ1) is 8.73. The van der Waals surface area contributed by atoms with Crippen molar-refractivity contribution in [2.24, 2.45) is 0 Å². The van der Waals surface area contributed by atoms with Crippen LogP contribution in [-0.4, -0.2) is 60.1 Å². The van der Waals surface area contributed by atoms with E-state index < -0.39 is 0 Å². The van der Waals surface area contributed by atoms with Crippen LogP contribution in [-0.2, 0) is 4.74 Å². The summed E-state index contributed by atoms with van der Waals surface area (Å²) < 4.78 is 9.94. The topological polar surface area (TPSA) is 101 Å². The van der Waals surface area contributed by atoms with E-state index in [-0.39, 0.29) is 18.7 Å². The molecule has 0 bridgehead atoms. The third kappa shape index (κ3) is 4.30. The van der Waals surface area contributed by atoms with Gasteiger partial charge < -0.3 is 25.2 Å². The van der Waals surface area contributed by atoms with Crippen LogP contribution in [0.1, 0.15) is 6.92 Å². The van der Waals surface area contributed by atoms with Crippen LogP contribution in [0, 0.1) is 0 Å². The summed E-state index contributed by atoms with van der Waals surface area (Å²) in [6, 6.07) is -0.0749. The van der Waals surface area contributed by atoms with Crippen molar-refractivity contribution < 1.29 is 14.6 Å². The summed E-state index contributed by atoms with van der Waals surface area (Å²) in [4.78, 5) is 12.2. The highest BCUT2D eigenvalue weighted by atomic mass is 16.5. The highest BCUT2D eigenvalue weighted by molar-refractivity contribution is 5.36. The molecule has 0 aliphatic rings. The van der Waals surface area contributed by atoms with E-state index in [9.17, 15) is 0 Å². The number of anilines is 2. The van der Waals surface area contributed by atoms with Gasteiger partial charge in [0.05, 0.1) is 26.4 Å². The molecule has 0 radical (unpaired) electrons. The molecule has 8 nitrogen and oxygen atoms in total. The normalized spacial score (nSPS) is 12.0. The van der Waals surface area contributed by atoms with Crippen LogP contribution in [0.5, 0.6) is 6.01 Å². The number of hydrogen-bond donors (Lipinski definition) is 3. The van der Waals surface area contributed by atoms with Crippen LogP contribution in [0.3, 0.4) is 0 Å². The molecule has 1 unspecified atom stereocenters. The van der Waals surface area contributed by atoms with E-state index in [1.165, 1.54) is 7.11 Å². The number of nitrogens with one attached hydrogen (secondary N) is 2. The Balaban J connectivity index is 2.82. The van der Waals surface area contributed by atoms with Crippen LogP contribution in [0.4, 0.5) is 11.9 Å². The van der Waals surface area contributed by atoms with E-state index in [2.05, 4.69) is 25.6 Å². The fourth-order valence-corrected chi connectivity index (χ4v) is 1.27.